The maximum Gasteiger partial charge on any atom is 0.239 e. The number of ether oxygens (including phenoxy) is 1. The highest BCUT2D eigenvalue weighted by Crippen LogP contribution is 2.23. The molecule has 0 aliphatic heterocycles. The fourth-order valence-corrected chi connectivity index (χ4v) is 1.69. The van der Waals surface area contributed by atoms with Crippen LogP contribution in [0, 0.1) is 0 Å². The molecule has 2 aromatic rings. The van der Waals surface area contributed by atoms with Crippen LogP contribution >= 0.6 is 11.8 Å². The molecule has 0 radical (unpaired) electrons. The Morgan fingerprint density at radius 3 is 2.59 bits per heavy atom. The monoisotopic (exact) mass is 247 g/mol. The van der Waals surface area contributed by atoms with Crippen LogP contribution in [0.5, 0.6) is 11.6 Å². The van der Waals surface area contributed by atoms with Gasteiger partial charge in [0.25, 0.3) is 0 Å². The van der Waals surface area contributed by atoms with Crippen LogP contribution in [0.1, 0.15) is 0 Å². The van der Waals surface area contributed by atoms with E-state index in [9.17, 15) is 0 Å². The molecule has 0 spiro atoms. The summed E-state index contributed by atoms with van der Waals surface area (Å²) < 4.78 is 5.60. The fraction of sp³-hybridized carbons (Fsp3) is 0.167. The molecule has 0 aliphatic carbocycles. The van der Waals surface area contributed by atoms with Crippen molar-refractivity contribution in [2.45, 2.75) is 4.90 Å². The molecule has 0 amide bonds. The Morgan fingerprint density at radius 2 is 1.94 bits per heavy atom. The Hall–Kier alpha value is -1.75. The lowest BCUT2D eigenvalue weighted by molar-refractivity contribution is 0.460. The smallest absolute Gasteiger partial charge is 0.239 e. The molecule has 1 aromatic heterocycles. The summed E-state index contributed by atoms with van der Waals surface area (Å²) in [5.74, 6) is 1.92. The number of aromatic nitrogens is 2. The Balaban J connectivity index is 2.13. The summed E-state index contributed by atoms with van der Waals surface area (Å²) in [5.41, 5.74) is 0. The molecule has 17 heavy (non-hydrogen) atoms. The first-order chi connectivity index (χ1) is 8.31. The molecular formula is C12H13N3OS. The first-order valence-corrected chi connectivity index (χ1v) is 6.36. The molecule has 88 valence electrons. The SMILES string of the molecule is CNc1cncc(Oc2ccc(SC)cc2)n1. The lowest BCUT2D eigenvalue weighted by Crippen LogP contribution is -1.95. The molecule has 1 heterocycles. The topological polar surface area (TPSA) is 47.0 Å². The van der Waals surface area contributed by atoms with Gasteiger partial charge in [0, 0.05) is 11.9 Å². The summed E-state index contributed by atoms with van der Waals surface area (Å²) in [5, 5.41) is 2.91. The Kier molecular flexibility index (Phi) is 3.82. The number of nitrogens with one attached hydrogen (secondary N) is 1. The van der Waals surface area contributed by atoms with Gasteiger partial charge in [0.1, 0.15) is 11.6 Å². The van der Waals surface area contributed by atoms with E-state index in [-0.39, 0.29) is 0 Å². The summed E-state index contributed by atoms with van der Waals surface area (Å²) in [6.07, 6.45) is 5.27. The largest absolute Gasteiger partial charge is 0.437 e. The second kappa shape index (κ2) is 5.54. The van der Waals surface area contributed by atoms with Crippen LogP contribution in [-0.2, 0) is 0 Å². The van der Waals surface area contributed by atoms with E-state index in [0.29, 0.717) is 11.7 Å². The second-order valence-corrected chi connectivity index (χ2v) is 4.15. The molecule has 0 bridgehead atoms. The van der Waals surface area contributed by atoms with Crippen molar-refractivity contribution in [3.63, 3.8) is 0 Å². The number of anilines is 1. The number of rotatable bonds is 4. The van der Waals surface area contributed by atoms with Crippen molar-refractivity contribution in [3.05, 3.63) is 36.7 Å². The minimum Gasteiger partial charge on any atom is -0.437 e. The molecular weight excluding hydrogens is 234 g/mol. The van der Waals surface area contributed by atoms with Gasteiger partial charge in [0.05, 0.1) is 12.4 Å². The van der Waals surface area contributed by atoms with Crippen LogP contribution in [-0.4, -0.2) is 23.3 Å². The third kappa shape index (κ3) is 3.10. The number of thioether (sulfide) groups is 1. The number of hydrogen-bond donors (Lipinski definition) is 1. The molecule has 0 unspecified atom stereocenters. The first-order valence-electron chi connectivity index (χ1n) is 5.13. The van der Waals surface area contributed by atoms with E-state index in [1.165, 1.54) is 4.90 Å². The predicted octanol–water partition coefficient (Wildman–Crippen LogP) is 3.03. The van der Waals surface area contributed by atoms with Gasteiger partial charge in [-0.2, -0.15) is 4.98 Å². The quantitative estimate of drug-likeness (QED) is 0.841. The van der Waals surface area contributed by atoms with Crippen molar-refractivity contribution < 1.29 is 4.74 Å². The van der Waals surface area contributed by atoms with E-state index in [4.69, 9.17) is 4.74 Å². The van der Waals surface area contributed by atoms with E-state index in [1.54, 1.807) is 31.2 Å². The zero-order valence-electron chi connectivity index (χ0n) is 9.68. The van der Waals surface area contributed by atoms with Crippen LogP contribution in [0.25, 0.3) is 0 Å². The van der Waals surface area contributed by atoms with Crippen LogP contribution in [0.4, 0.5) is 5.82 Å². The van der Waals surface area contributed by atoms with E-state index < -0.39 is 0 Å². The highest BCUT2D eigenvalue weighted by Gasteiger charge is 2.00. The van der Waals surface area contributed by atoms with E-state index in [1.807, 2.05) is 30.5 Å². The van der Waals surface area contributed by atoms with Gasteiger partial charge in [-0.25, -0.2) is 0 Å². The average Bonchev–Trinajstić information content (AvgIpc) is 2.40. The van der Waals surface area contributed by atoms with Gasteiger partial charge in [-0.15, -0.1) is 11.8 Å². The van der Waals surface area contributed by atoms with Gasteiger partial charge in [0.15, 0.2) is 0 Å². The summed E-state index contributed by atoms with van der Waals surface area (Å²) in [6, 6.07) is 7.85. The van der Waals surface area contributed by atoms with Crippen molar-refractivity contribution in [1.82, 2.24) is 9.97 Å². The van der Waals surface area contributed by atoms with E-state index in [2.05, 4.69) is 15.3 Å². The van der Waals surface area contributed by atoms with Crippen LogP contribution in [0.2, 0.25) is 0 Å². The van der Waals surface area contributed by atoms with Crippen molar-refractivity contribution in [2.75, 3.05) is 18.6 Å². The predicted molar refractivity (Wildman–Crippen MR) is 69.9 cm³/mol. The number of hydrogen-bond acceptors (Lipinski definition) is 5. The molecule has 4 nitrogen and oxygen atoms in total. The number of benzene rings is 1. The molecule has 2 rings (SSSR count). The van der Waals surface area contributed by atoms with E-state index in [0.717, 1.165) is 5.75 Å². The maximum atomic E-state index is 5.60. The summed E-state index contributed by atoms with van der Waals surface area (Å²) >= 11 is 1.70. The molecule has 1 N–H and O–H groups in total. The highest BCUT2D eigenvalue weighted by atomic mass is 32.2. The van der Waals surface area contributed by atoms with Crippen molar-refractivity contribution >= 4 is 17.6 Å². The minimum absolute atomic E-state index is 0.480. The molecule has 0 fully saturated rings. The highest BCUT2D eigenvalue weighted by molar-refractivity contribution is 7.98. The van der Waals surface area contributed by atoms with Gasteiger partial charge in [-0.3, -0.25) is 4.98 Å². The van der Waals surface area contributed by atoms with Crippen molar-refractivity contribution in [2.24, 2.45) is 0 Å². The zero-order valence-corrected chi connectivity index (χ0v) is 10.5. The molecule has 5 heteroatoms. The first kappa shape index (κ1) is 11.7. The lowest BCUT2D eigenvalue weighted by Gasteiger charge is -2.06. The third-order valence-corrected chi connectivity index (χ3v) is 2.89. The van der Waals surface area contributed by atoms with Gasteiger partial charge in [0.2, 0.25) is 5.88 Å². The number of nitrogens with zero attached hydrogens (tertiary/aromatic N) is 2. The Bertz CT molecular complexity index is 487. The average molecular weight is 247 g/mol. The van der Waals surface area contributed by atoms with Gasteiger partial charge < -0.3 is 10.1 Å². The molecule has 0 atom stereocenters. The van der Waals surface area contributed by atoms with E-state index >= 15 is 0 Å². The second-order valence-electron chi connectivity index (χ2n) is 3.27. The molecule has 1 aromatic carbocycles. The normalized spacial score (nSPS) is 10.0. The van der Waals surface area contributed by atoms with Gasteiger partial charge >= 0.3 is 0 Å². The molecule has 0 saturated heterocycles. The van der Waals surface area contributed by atoms with Crippen molar-refractivity contribution in [3.8, 4) is 11.6 Å². The standard InChI is InChI=1S/C12H13N3OS/c1-13-11-7-14-8-12(15-11)16-9-3-5-10(17-2)6-4-9/h3-8H,1-2H3,(H,13,15). The maximum absolute atomic E-state index is 5.60. The summed E-state index contributed by atoms with van der Waals surface area (Å²) in [7, 11) is 1.79. The van der Waals surface area contributed by atoms with Crippen LogP contribution in [0.15, 0.2) is 41.6 Å². The summed E-state index contributed by atoms with van der Waals surface area (Å²) in [4.78, 5) is 9.46. The lowest BCUT2D eigenvalue weighted by atomic mass is 10.3. The van der Waals surface area contributed by atoms with Gasteiger partial charge in [-0.05, 0) is 30.5 Å². The van der Waals surface area contributed by atoms with Crippen LogP contribution < -0.4 is 10.1 Å². The fourth-order valence-electron chi connectivity index (χ4n) is 1.28. The van der Waals surface area contributed by atoms with Gasteiger partial charge in [-0.1, -0.05) is 0 Å². The zero-order chi connectivity index (χ0) is 12.1. The Labute approximate surface area is 104 Å². The van der Waals surface area contributed by atoms with Crippen molar-refractivity contribution in [1.29, 1.82) is 0 Å². The Morgan fingerprint density at radius 1 is 1.18 bits per heavy atom. The summed E-state index contributed by atoms with van der Waals surface area (Å²) in [6.45, 7) is 0. The third-order valence-electron chi connectivity index (χ3n) is 2.15. The minimum atomic E-state index is 0.480. The molecule has 0 saturated carbocycles. The molecule has 0 aliphatic rings. The van der Waals surface area contributed by atoms with Crippen LogP contribution in [0.3, 0.4) is 0 Å².